The lowest BCUT2D eigenvalue weighted by atomic mass is 9.78. The van der Waals surface area contributed by atoms with E-state index in [-0.39, 0.29) is 18.8 Å². The molecule has 0 N–H and O–H groups in total. The number of carbonyl (C=O) groups is 1. The Hall–Kier alpha value is -2.81. The van der Waals surface area contributed by atoms with Crippen LogP contribution in [0.4, 0.5) is 4.79 Å². The van der Waals surface area contributed by atoms with Crippen LogP contribution >= 0.6 is 0 Å². The van der Waals surface area contributed by atoms with Crippen LogP contribution < -0.4 is 10.2 Å². The maximum atomic E-state index is 12.4. The molecule has 0 aliphatic carbocycles. The standard InChI is InChI=1S/C24H33BN4O6/c1-22(2,3)33-21(30)28-8-9-31-18(13-28)15-32-17-10-19(20-16(11-26)12-27-29(20)14-17)25-34-23(4,5)24(6,7)35-25/h10,12,14,18H,8-9,13,15H2,1-7H3/t18-/m0/s1. The fourth-order valence-electron chi connectivity index (χ4n) is 3.94. The third-order valence-electron chi connectivity index (χ3n) is 6.47. The molecule has 188 valence electrons. The second-order valence-corrected chi connectivity index (χ2v) is 10.9. The van der Waals surface area contributed by atoms with E-state index >= 15 is 0 Å². The molecule has 11 heteroatoms. The summed E-state index contributed by atoms with van der Waals surface area (Å²) in [4.78, 5) is 14.1. The van der Waals surface area contributed by atoms with Crippen LogP contribution in [0.3, 0.4) is 0 Å². The first kappa shape index (κ1) is 25.3. The molecule has 0 saturated carbocycles. The highest BCUT2D eigenvalue weighted by Crippen LogP contribution is 2.37. The third-order valence-corrected chi connectivity index (χ3v) is 6.47. The lowest BCUT2D eigenvalue weighted by Gasteiger charge is -2.34. The number of carbonyl (C=O) groups excluding carboxylic acids is 1. The maximum absolute atomic E-state index is 12.4. The molecule has 4 rings (SSSR count). The molecular weight excluding hydrogens is 451 g/mol. The van der Waals surface area contributed by atoms with E-state index in [2.05, 4.69) is 11.2 Å². The van der Waals surface area contributed by atoms with Crippen molar-refractivity contribution in [2.24, 2.45) is 0 Å². The molecule has 1 amide bonds. The number of fused-ring (bicyclic) bond motifs is 1. The molecule has 2 aliphatic heterocycles. The summed E-state index contributed by atoms with van der Waals surface area (Å²) in [7, 11) is -0.691. The average molecular weight is 484 g/mol. The van der Waals surface area contributed by atoms with Crippen LogP contribution in [0.5, 0.6) is 5.75 Å². The molecule has 0 aromatic carbocycles. The van der Waals surface area contributed by atoms with Crippen molar-refractivity contribution in [1.82, 2.24) is 14.5 Å². The predicted octanol–water partition coefficient (Wildman–Crippen LogP) is 2.52. The number of hydrogen-bond acceptors (Lipinski definition) is 8. The van der Waals surface area contributed by atoms with E-state index in [1.54, 1.807) is 15.6 Å². The van der Waals surface area contributed by atoms with Gasteiger partial charge in [-0.15, -0.1) is 0 Å². The topological polar surface area (TPSA) is 108 Å². The highest BCUT2D eigenvalue weighted by Gasteiger charge is 2.52. The van der Waals surface area contributed by atoms with Crippen molar-refractivity contribution in [3.63, 3.8) is 0 Å². The quantitative estimate of drug-likeness (QED) is 0.610. The normalized spacial score (nSPS) is 21.7. The van der Waals surface area contributed by atoms with Gasteiger partial charge >= 0.3 is 13.2 Å². The smallest absolute Gasteiger partial charge is 0.489 e. The SMILES string of the molecule is CC(C)(C)OC(=O)N1CCO[C@H](COc2cc(B3OC(C)(C)C(C)(C)O3)c3c(C#N)cnn3c2)C1. The molecule has 0 spiro atoms. The van der Waals surface area contributed by atoms with Gasteiger partial charge in [0.1, 0.15) is 30.1 Å². The van der Waals surface area contributed by atoms with Crippen LogP contribution in [0.15, 0.2) is 18.5 Å². The van der Waals surface area contributed by atoms with E-state index in [1.165, 1.54) is 6.20 Å². The van der Waals surface area contributed by atoms with Gasteiger partial charge in [-0.05, 0) is 54.5 Å². The van der Waals surface area contributed by atoms with Gasteiger partial charge in [-0.1, -0.05) is 0 Å². The second-order valence-electron chi connectivity index (χ2n) is 10.9. The van der Waals surface area contributed by atoms with Crippen molar-refractivity contribution in [2.75, 3.05) is 26.3 Å². The molecule has 2 fully saturated rings. The maximum Gasteiger partial charge on any atom is 0.497 e. The van der Waals surface area contributed by atoms with Crippen molar-refractivity contribution < 1.29 is 28.3 Å². The minimum atomic E-state index is -0.691. The van der Waals surface area contributed by atoms with E-state index in [9.17, 15) is 10.1 Å². The number of nitriles is 1. The number of ether oxygens (including phenoxy) is 3. The van der Waals surface area contributed by atoms with Crippen molar-refractivity contribution in [3.8, 4) is 11.8 Å². The number of nitrogens with zero attached hydrogens (tertiary/aromatic N) is 4. The lowest BCUT2D eigenvalue weighted by Crippen LogP contribution is -2.49. The molecule has 0 radical (unpaired) electrons. The minimum Gasteiger partial charge on any atom is -0.489 e. The Bertz CT molecular complexity index is 1130. The van der Waals surface area contributed by atoms with Gasteiger partial charge in [0.15, 0.2) is 0 Å². The number of hydrogen-bond donors (Lipinski definition) is 0. The average Bonchev–Trinajstić information content (AvgIpc) is 3.27. The zero-order valence-corrected chi connectivity index (χ0v) is 21.5. The molecule has 10 nitrogen and oxygen atoms in total. The zero-order valence-electron chi connectivity index (χ0n) is 21.5. The van der Waals surface area contributed by atoms with Gasteiger partial charge < -0.3 is 28.4 Å². The third kappa shape index (κ3) is 5.25. The van der Waals surface area contributed by atoms with Gasteiger partial charge in [-0.25, -0.2) is 9.31 Å². The van der Waals surface area contributed by atoms with E-state index < -0.39 is 23.9 Å². The van der Waals surface area contributed by atoms with Crippen LogP contribution in [0.2, 0.25) is 0 Å². The fourth-order valence-corrected chi connectivity index (χ4v) is 3.94. The molecule has 2 aliphatic rings. The summed E-state index contributed by atoms with van der Waals surface area (Å²) in [5, 5.41) is 13.9. The van der Waals surface area contributed by atoms with Crippen molar-refractivity contribution in [3.05, 3.63) is 24.0 Å². The summed E-state index contributed by atoms with van der Waals surface area (Å²) < 4.78 is 31.5. The highest BCUT2D eigenvalue weighted by atomic mass is 16.7. The summed E-state index contributed by atoms with van der Waals surface area (Å²) in [6, 6.07) is 4.00. The molecule has 2 aromatic heterocycles. The van der Waals surface area contributed by atoms with Gasteiger partial charge in [0.2, 0.25) is 0 Å². The Kier molecular flexibility index (Phi) is 6.51. The van der Waals surface area contributed by atoms with Gasteiger partial charge in [0, 0.05) is 12.0 Å². The number of pyridine rings is 1. The number of amides is 1. The largest absolute Gasteiger partial charge is 0.497 e. The molecule has 2 saturated heterocycles. The highest BCUT2D eigenvalue weighted by molar-refractivity contribution is 6.64. The fraction of sp³-hybridized carbons (Fsp3) is 0.625. The molecule has 2 aromatic rings. The number of rotatable bonds is 4. The summed E-state index contributed by atoms with van der Waals surface area (Å²) >= 11 is 0. The Morgan fingerprint density at radius 2 is 1.97 bits per heavy atom. The van der Waals surface area contributed by atoms with Crippen LogP contribution in [-0.2, 0) is 18.8 Å². The first-order valence-corrected chi connectivity index (χ1v) is 11.8. The van der Waals surface area contributed by atoms with Gasteiger partial charge in [0.05, 0.1) is 47.8 Å². The van der Waals surface area contributed by atoms with E-state index in [0.717, 1.165) is 0 Å². The summed E-state index contributed by atoms with van der Waals surface area (Å²) in [6.45, 7) is 14.9. The van der Waals surface area contributed by atoms with Crippen molar-refractivity contribution in [1.29, 1.82) is 5.26 Å². The monoisotopic (exact) mass is 484 g/mol. The van der Waals surface area contributed by atoms with Crippen LogP contribution in [0.25, 0.3) is 5.52 Å². The molecule has 1 atom stereocenters. The summed E-state index contributed by atoms with van der Waals surface area (Å²) in [6.07, 6.45) is 2.53. The zero-order chi connectivity index (χ0) is 25.6. The molecule has 35 heavy (non-hydrogen) atoms. The lowest BCUT2D eigenvalue weighted by molar-refractivity contribution is -0.0557. The Balaban J connectivity index is 1.53. The Morgan fingerprint density at radius 3 is 2.60 bits per heavy atom. The summed E-state index contributed by atoms with van der Waals surface area (Å²) in [5.74, 6) is 0.521. The van der Waals surface area contributed by atoms with E-state index in [1.807, 2.05) is 54.5 Å². The minimum absolute atomic E-state index is 0.222. The Morgan fingerprint density at radius 1 is 1.29 bits per heavy atom. The van der Waals surface area contributed by atoms with Gasteiger partial charge in [0.25, 0.3) is 0 Å². The van der Waals surface area contributed by atoms with Crippen LogP contribution in [-0.4, -0.2) is 76.9 Å². The van der Waals surface area contributed by atoms with Gasteiger partial charge in [-0.3, -0.25) is 0 Å². The van der Waals surface area contributed by atoms with Crippen molar-refractivity contribution in [2.45, 2.75) is 71.4 Å². The molecule has 0 unspecified atom stereocenters. The van der Waals surface area contributed by atoms with E-state index in [0.29, 0.717) is 42.0 Å². The van der Waals surface area contributed by atoms with E-state index in [4.69, 9.17) is 23.5 Å². The number of aromatic nitrogens is 2. The van der Waals surface area contributed by atoms with Crippen molar-refractivity contribution >= 4 is 24.2 Å². The first-order valence-electron chi connectivity index (χ1n) is 11.8. The van der Waals surface area contributed by atoms with Crippen LogP contribution in [0, 0.1) is 11.3 Å². The Labute approximate surface area is 206 Å². The first-order chi connectivity index (χ1) is 16.3. The van der Waals surface area contributed by atoms with Crippen LogP contribution in [0.1, 0.15) is 54.0 Å². The summed E-state index contributed by atoms with van der Waals surface area (Å²) in [5.41, 5.74) is 0.0503. The number of morpholine rings is 1. The second kappa shape index (κ2) is 9.01. The van der Waals surface area contributed by atoms with Gasteiger partial charge in [-0.2, -0.15) is 10.4 Å². The predicted molar refractivity (Wildman–Crippen MR) is 129 cm³/mol. The molecule has 4 heterocycles. The molecule has 0 bridgehead atoms. The molecular formula is C24H33BN4O6.